The number of aliphatic hydroxyl groups is 1. The molecular weight excluding hydrogens is 157 g/mol. The molecule has 1 heterocycles. The molecule has 2 atom stereocenters. The highest BCUT2D eigenvalue weighted by molar-refractivity contribution is 4.91. The largest absolute Gasteiger partial charge is 0.386 e. The maximum absolute atomic E-state index is 13.1. The predicted molar refractivity (Wildman–Crippen MR) is 46.8 cm³/mol. The van der Waals surface area contributed by atoms with E-state index in [1.807, 2.05) is 0 Å². The van der Waals surface area contributed by atoms with E-state index in [4.69, 9.17) is 0 Å². The molecule has 0 radical (unpaired) electrons. The average Bonchev–Trinajstić information content (AvgIpc) is 1.94. The Hall–Kier alpha value is -0.150. The molecule has 1 aliphatic heterocycles. The molecule has 2 nitrogen and oxygen atoms in total. The zero-order valence-corrected chi connectivity index (χ0v) is 8.05. The van der Waals surface area contributed by atoms with Crippen molar-refractivity contribution in [1.29, 1.82) is 0 Å². The highest BCUT2D eigenvalue weighted by Crippen LogP contribution is 2.24. The maximum Gasteiger partial charge on any atom is 0.131 e. The number of alkyl halides is 1. The molecule has 0 amide bonds. The third-order valence-electron chi connectivity index (χ3n) is 2.60. The minimum absolute atomic E-state index is 0.393. The molecule has 2 unspecified atom stereocenters. The van der Waals surface area contributed by atoms with Gasteiger partial charge in [0.2, 0.25) is 0 Å². The van der Waals surface area contributed by atoms with Gasteiger partial charge in [0.15, 0.2) is 0 Å². The summed E-state index contributed by atoms with van der Waals surface area (Å²) in [6.07, 6.45) is -0.613. The Kier molecular flexibility index (Phi) is 2.74. The molecule has 3 heteroatoms. The first-order valence-corrected chi connectivity index (χ1v) is 4.54. The lowest BCUT2D eigenvalue weighted by Gasteiger charge is -2.41. The fraction of sp³-hybridized carbons (Fsp3) is 1.00. The first-order valence-electron chi connectivity index (χ1n) is 4.54. The van der Waals surface area contributed by atoms with E-state index >= 15 is 0 Å². The summed E-state index contributed by atoms with van der Waals surface area (Å²) in [6, 6.07) is 0.393. The lowest BCUT2D eigenvalue weighted by Crippen LogP contribution is -2.55. The molecule has 0 bridgehead atoms. The number of likely N-dealkylation sites (tertiary alicyclic amines) is 1. The van der Waals surface area contributed by atoms with Crippen LogP contribution in [0.2, 0.25) is 0 Å². The summed E-state index contributed by atoms with van der Waals surface area (Å²) in [6.45, 7) is 6.91. The predicted octanol–water partition coefficient (Wildman–Crippen LogP) is 1.19. The van der Waals surface area contributed by atoms with Gasteiger partial charge in [0.25, 0.3) is 0 Å². The summed E-state index contributed by atoms with van der Waals surface area (Å²) in [5.41, 5.74) is -1.15. The van der Waals surface area contributed by atoms with Gasteiger partial charge in [-0.3, -0.25) is 4.90 Å². The quantitative estimate of drug-likeness (QED) is 0.647. The Labute approximate surface area is 73.4 Å². The zero-order chi connectivity index (χ0) is 9.35. The lowest BCUT2D eigenvalue weighted by atomic mass is 9.92. The van der Waals surface area contributed by atoms with Gasteiger partial charge in [0.1, 0.15) is 11.8 Å². The van der Waals surface area contributed by atoms with Crippen LogP contribution in [0.3, 0.4) is 0 Å². The molecule has 1 N–H and O–H groups in total. The highest BCUT2D eigenvalue weighted by atomic mass is 19.1. The first kappa shape index (κ1) is 9.93. The molecule has 1 saturated heterocycles. The van der Waals surface area contributed by atoms with E-state index in [1.54, 1.807) is 6.92 Å². The molecule has 12 heavy (non-hydrogen) atoms. The number of halogens is 1. The summed E-state index contributed by atoms with van der Waals surface area (Å²) in [4.78, 5) is 2.11. The van der Waals surface area contributed by atoms with Crippen molar-refractivity contribution in [2.24, 2.45) is 0 Å². The molecule has 0 aromatic rings. The fourth-order valence-corrected chi connectivity index (χ4v) is 1.62. The van der Waals surface area contributed by atoms with Crippen LogP contribution in [-0.2, 0) is 0 Å². The first-order chi connectivity index (χ1) is 5.43. The van der Waals surface area contributed by atoms with Gasteiger partial charge in [-0.05, 0) is 27.2 Å². The molecule has 1 aliphatic rings. The van der Waals surface area contributed by atoms with Gasteiger partial charge < -0.3 is 5.11 Å². The van der Waals surface area contributed by atoms with Crippen molar-refractivity contribution in [2.75, 3.05) is 13.1 Å². The SMILES string of the molecule is CC(C)N1CCC(F)C(C)(O)C1. The van der Waals surface area contributed by atoms with E-state index < -0.39 is 11.8 Å². The third-order valence-corrected chi connectivity index (χ3v) is 2.60. The molecule has 0 aliphatic carbocycles. The van der Waals surface area contributed by atoms with Crippen molar-refractivity contribution >= 4 is 0 Å². The van der Waals surface area contributed by atoms with Crippen LogP contribution < -0.4 is 0 Å². The highest BCUT2D eigenvalue weighted by Gasteiger charge is 2.38. The Balaban J connectivity index is 2.57. The smallest absolute Gasteiger partial charge is 0.131 e. The van der Waals surface area contributed by atoms with Gasteiger partial charge in [-0.2, -0.15) is 0 Å². The van der Waals surface area contributed by atoms with Crippen molar-refractivity contribution < 1.29 is 9.50 Å². The van der Waals surface area contributed by atoms with Gasteiger partial charge in [0.05, 0.1) is 0 Å². The van der Waals surface area contributed by atoms with E-state index in [9.17, 15) is 9.50 Å². The van der Waals surface area contributed by atoms with Gasteiger partial charge in [-0.1, -0.05) is 0 Å². The number of β-amino-alcohol motifs (C(OH)–C–C–N with tert-alkyl or cyclic N) is 1. The van der Waals surface area contributed by atoms with E-state index in [-0.39, 0.29) is 0 Å². The fourth-order valence-electron chi connectivity index (χ4n) is 1.62. The standard InChI is InChI=1S/C9H18FNO/c1-7(2)11-5-4-8(10)9(3,12)6-11/h7-8,12H,4-6H2,1-3H3. The monoisotopic (exact) mass is 175 g/mol. The summed E-state index contributed by atoms with van der Waals surface area (Å²) in [7, 11) is 0. The Bertz CT molecular complexity index is 159. The van der Waals surface area contributed by atoms with E-state index in [1.165, 1.54) is 0 Å². The van der Waals surface area contributed by atoms with Crippen LogP contribution in [0.25, 0.3) is 0 Å². The molecule has 0 aromatic carbocycles. The second-order valence-corrected chi connectivity index (χ2v) is 4.18. The Morgan fingerprint density at radius 2 is 2.17 bits per heavy atom. The Morgan fingerprint density at radius 3 is 2.58 bits per heavy atom. The summed E-state index contributed by atoms with van der Waals surface area (Å²) in [5.74, 6) is 0. The van der Waals surface area contributed by atoms with Crippen LogP contribution in [0.15, 0.2) is 0 Å². The minimum Gasteiger partial charge on any atom is -0.386 e. The summed E-state index contributed by atoms with van der Waals surface area (Å²) in [5, 5.41) is 9.65. The number of nitrogens with zero attached hydrogens (tertiary/aromatic N) is 1. The van der Waals surface area contributed by atoms with Crippen molar-refractivity contribution in [1.82, 2.24) is 4.90 Å². The minimum atomic E-state index is -1.15. The van der Waals surface area contributed by atoms with Crippen LogP contribution in [0, 0.1) is 0 Å². The Morgan fingerprint density at radius 1 is 1.58 bits per heavy atom. The van der Waals surface area contributed by atoms with Gasteiger partial charge in [-0.15, -0.1) is 0 Å². The second kappa shape index (κ2) is 3.30. The molecule has 0 aromatic heterocycles. The topological polar surface area (TPSA) is 23.5 Å². The van der Waals surface area contributed by atoms with Crippen molar-refractivity contribution in [3.63, 3.8) is 0 Å². The molecular formula is C9H18FNO. The normalized spacial score (nSPS) is 39.0. The molecule has 1 rings (SSSR count). The lowest BCUT2D eigenvalue weighted by molar-refractivity contribution is -0.0820. The van der Waals surface area contributed by atoms with Crippen LogP contribution in [0.4, 0.5) is 4.39 Å². The molecule has 1 fully saturated rings. The van der Waals surface area contributed by atoms with Crippen LogP contribution in [-0.4, -0.2) is 40.9 Å². The number of rotatable bonds is 1. The van der Waals surface area contributed by atoms with Crippen molar-refractivity contribution in [3.05, 3.63) is 0 Å². The number of piperidine rings is 1. The van der Waals surface area contributed by atoms with Crippen LogP contribution in [0.5, 0.6) is 0 Å². The summed E-state index contributed by atoms with van der Waals surface area (Å²) < 4.78 is 13.1. The van der Waals surface area contributed by atoms with Gasteiger partial charge >= 0.3 is 0 Å². The third kappa shape index (κ3) is 1.96. The van der Waals surface area contributed by atoms with E-state index in [0.29, 0.717) is 19.0 Å². The maximum atomic E-state index is 13.1. The van der Waals surface area contributed by atoms with Crippen molar-refractivity contribution in [3.8, 4) is 0 Å². The van der Waals surface area contributed by atoms with Crippen molar-refractivity contribution in [2.45, 2.75) is 45.0 Å². The number of hydrogen-bond acceptors (Lipinski definition) is 2. The molecule has 72 valence electrons. The molecule has 0 spiro atoms. The van der Waals surface area contributed by atoms with Gasteiger partial charge in [-0.25, -0.2) is 4.39 Å². The number of hydrogen-bond donors (Lipinski definition) is 1. The van der Waals surface area contributed by atoms with Gasteiger partial charge in [0, 0.05) is 19.1 Å². The van der Waals surface area contributed by atoms with E-state index in [2.05, 4.69) is 18.7 Å². The zero-order valence-electron chi connectivity index (χ0n) is 8.05. The average molecular weight is 175 g/mol. The van der Waals surface area contributed by atoms with Crippen LogP contribution in [0.1, 0.15) is 27.2 Å². The van der Waals surface area contributed by atoms with E-state index in [0.717, 1.165) is 6.54 Å². The second-order valence-electron chi connectivity index (χ2n) is 4.18. The molecule has 0 saturated carbocycles. The summed E-state index contributed by atoms with van der Waals surface area (Å²) >= 11 is 0. The van der Waals surface area contributed by atoms with Crippen LogP contribution >= 0.6 is 0 Å².